The molecule has 52 heavy (non-hydrogen) atoms. The summed E-state index contributed by atoms with van der Waals surface area (Å²) in [6.45, 7) is 2.43. The zero-order valence-corrected chi connectivity index (χ0v) is 29.2. The highest BCUT2D eigenvalue weighted by Gasteiger charge is 2.38. The van der Waals surface area contributed by atoms with E-state index < -0.39 is 6.29 Å². The van der Waals surface area contributed by atoms with Crippen molar-refractivity contribution in [2.75, 3.05) is 11.1 Å². The maximum Gasteiger partial charge on any atom is 0.319 e. The number of thioether (sulfide) groups is 1. The number of aliphatic hydroxyl groups is 1. The Kier molecular flexibility index (Phi) is 11.2. The van der Waals surface area contributed by atoms with E-state index >= 15 is 0 Å². The third kappa shape index (κ3) is 8.67. The van der Waals surface area contributed by atoms with Crippen molar-refractivity contribution in [3.63, 3.8) is 0 Å². The van der Waals surface area contributed by atoms with Gasteiger partial charge in [0, 0.05) is 29.5 Å². The number of tetrazole rings is 1. The van der Waals surface area contributed by atoms with Crippen LogP contribution in [0.15, 0.2) is 139 Å². The normalized spacial score (nSPS) is 18.4. The molecule has 264 valence electrons. The first-order valence-electron chi connectivity index (χ1n) is 17.0. The minimum absolute atomic E-state index is 0.000593. The molecule has 12 heteroatoms. The number of hydrogen-bond acceptors (Lipinski definition) is 9. The van der Waals surface area contributed by atoms with Crippen molar-refractivity contribution >= 4 is 23.5 Å². The van der Waals surface area contributed by atoms with Gasteiger partial charge in [-0.1, -0.05) is 104 Å². The summed E-state index contributed by atoms with van der Waals surface area (Å²) in [6.07, 6.45) is -1.09. The molecular formula is C40H38N6O5S. The van der Waals surface area contributed by atoms with Crippen LogP contribution < -0.4 is 15.4 Å². The van der Waals surface area contributed by atoms with Gasteiger partial charge in [-0.05, 0) is 75.6 Å². The summed E-state index contributed by atoms with van der Waals surface area (Å²) in [7, 11) is 0. The van der Waals surface area contributed by atoms with Crippen molar-refractivity contribution in [2.24, 2.45) is 5.92 Å². The molecule has 0 spiro atoms. The average molecular weight is 715 g/mol. The molecule has 1 saturated heterocycles. The number of benzene rings is 5. The smallest absolute Gasteiger partial charge is 0.319 e. The van der Waals surface area contributed by atoms with Crippen molar-refractivity contribution in [1.82, 2.24) is 25.5 Å². The van der Waals surface area contributed by atoms with Gasteiger partial charge in [0.25, 0.3) is 0 Å². The predicted octanol–water partition coefficient (Wildman–Crippen LogP) is 7.85. The molecule has 0 aliphatic carbocycles. The second-order valence-corrected chi connectivity index (χ2v) is 13.3. The topological polar surface area (TPSA) is 133 Å². The Morgan fingerprint density at radius 2 is 1.46 bits per heavy atom. The fraction of sp³-hybridized carbons (Fsp3) is 0.200. The molecule has 11 nitrogen and oxygen atoms in total. The number of para-hydroxylation sites is 2. The van der Waals surface area contributed by atoms with E-state index in [1.165, 1.54) is 11.8 Å². The van der Waals surface area contributed by atoms with Gasteiger partial charge in [0.05, 0.1) is 24.5 Å². The molecule has 1 aliphatic heterocycles. The number of aromatic nitrogens is 4. The quantitative estimate of drug-likeness (QED) is 0.108. The summed E-state index contributed by atoms with van der Waals surface area (Å²) < 4.78 is 20.8. The van der Waals surface area contributed by atoms with Crippen molar-refractivity contribution in [3.05, 3.63) is 156 Å². The van der Waals surface area contributed by atoms with Crippen LogP contribution in [0.25, 0.3) is 5.69 Å². The SMILES string of the molecule is C[C@@H]1[C@H](CSc2nnnn2-c2ccccc2)O[C@H](c2ccc(CNC(=O)Nc3ccc(Oc4ccccc4)cc3)cc2)O[C@@H]1c1ccc(CO)cc1. The Morgan fingerprint density at radius 3 is 2.17 bits per heavy atom. The fourth-order valence-corrected chi connectivity index (χ4v) is 6.90. The number of urea groups is 1. The monoisotopic (exact) mass is 714 g/mol. The molecule has 7 rings (SSSR count). The Labute approximate surface area is 305 Å². The highest BCUT2D eigenvalue weighted by molar-refractivity contribution is 7.99. The summed E-state index contributed by atoms with van der Waals surface area (Å²) in [5.41, 5.74) is 5.16. The lowest BCUT2D eigenvalue weighted by Crippen LogP contribution is -2.38. The molecule has 0 radical (unpaired) electrons. The van der Waals surface area contributed by atoms with E-state index in [4.69, 9.17) is 14.2 Å². The zero-order valence-electron chi connectivity index (χ0n) is 28.4. The minimum Gasteiger partial charge on any atom is -0.457 e. The molecular weight excluding hydrogens is 677 g/mol. The lowest BCUT2D eigenvalue weighted by Gasteiger charge is -2.41. The average Bonchev–Trinajstić information content (AvgIpc) is 3.67. The Balaban J connectivity index is 0.989. The number of rotatable bonds is 12. The van der Waals surface area contributed by atoms with Crippen molar-refractivity contribution in [1.29, 1.82) is 0 Å². The summed E-state index contributed by atoms with van der Waals surface area (Å²) in [5.74, 6) is 2.02. The second-order valence-electron chi connectivity index (χ2n) is 12.3. The van der Waals surface area contributed by atoms with Crippen LogP contribution in [0.4, 0.5) is 10.5 Å². The second kappa shape index (κ2) is 16.7. The lowest BCUT2D eigenvalue weighted by molar-refractivity contribution is -0.268. The van der Waals surface area contributed by atoms with Crippen LogP contribution in [0, 0.1) is 5.92 Å². The predicted molar refractivity (Wildman–Crippen MR) is 198 cm³/mol. The number of aliphatic hydroxyl groups excluding tert-OH is 1. The van der Waals surface area contributed by atoms with Crippen LogP contribution in [0.2, 0.25) is 0 Å². The van der Waals surface area contributed by atoms with E-state index in [9.17, 15) is 9.90 Å². The van der Waals surface area contributed by atoms with Gasteiger partial charge in [-0.25, -0.2) is 4.79 Å². The van der Waals surface area contributed by atoms with Crippen LogP contribution in [-0.4, -0.2) is 43.2 Å². The Hall–Kier alpha value is -5.53. The van der Waals surface area contributed by atoms with Crippen molar-refractivity contribution < 1.29 is 24.1 Å². The van der Waals surface area contributed by atoms with Gasteiger partial charge in [-0.15, -0.1) is 5.10 Å². The van der Waals surface area contributed by atoms with Gasteiger partial charge in [0.2, 0.25) is 5.16 Å². The summed E-state index contributed by atoms with van der Waals surface area (Å²) in [4.78, 5) is 12.7. The standard InChI is InChI=1S/C40H38N6O5S/c1-27-36(26-52-40-43-44-45-46(40)33-8-4-2-5-9-33)50-38(51-37(27)30-16-14-29(25-47)15-17-30)31-18-12-28(13-19-31)24-41-39(48)42-32-20-22-35(23-21-32)49-34-10-6-3-7-11-34/h2-23,27,36-38,47H,24-26H2,1H3,(H2,41,42,48)/t27-,36+,37+,38+/m1/s1. The number of ether oxygens (including phenoxy) is 3. The number of carbonyl (C=O) groups excluding carboxylic acids is 1. The van der Waals surface area contributed by atoms with Crippen LogP contribution >= 0.6 is 11.8 Å². The molecule has 2 heterocycles. The molecule has 0 unspecified atom stereocenters. The number of nitrogens with one attached hydrogen (secondary N) is 2. The van der Waals surface area contributed by atoms with Crippen LogP contribution in [0.5, 0.6) is 11.5 Å². The van der Waals surface area contributed by atoms with E-state index in [0.717, 1.165) is 33.7 Å². The molecule has 1 aromatic heterocycles. The van der Waals surface area contributed by atoms with Crippen LogP contribution in [0.1, 0.15) is 41.6 Å². The Bertz CT molecular complexity index is 2030. The lowest BCUT2D eigenvalue weighted by atomic mass is 9.91. The molecule has 3 N–H and O–H groups in total. The number of hydrogen-bond donors (Lipinski definition) is 3. The fourth-order valence-electron chi connectivity index (χ4n) is 5.85. The van der Waals surface area contributed by atoms with E-state index in [1.54, 1.807) is 16.8 Å². The maximum atomic E-state index is 12.7. The van der Waals surface area contributed by atoms with Crippen LogP contribution in [-0.2, 0) is 22.6 Å². The number of anilines is 1. The highest BCUT2D eigenvalue weighted by atomic mass is 32.2. The Morgan fingerprint density at radius 1 is 0.808 bits per heavy atom. The van der Waals surface area contributed by atoms with Gasteiger partial charge < -0.3 is 30.0 Å². The highest BCUT2D eigenvalue weighted by Crippen LogP contribution is 2.43. The first-order valence-corrected chi connectivity index (χ1v) is 17.9. The molecule has 0 bridgehead atoms. The summed E-state index contributed by atoms with van der Waals surface area (Å²) in [5, 5.41) is 28.4. The first-order chi connectivity index (χ1) is 25.5. The van der Waals surface area contributed by atoms with Crippen molar-refractivity contribution in [3.8, 4) is 17.2 Å². The van der Waals surface area contributed by atoms with Crippen molar-refractivity contribution in [2.45, 2.75) is 43.7 Å². The van der Waals surface area contributed by atoms with E-state index in [-0.39, 0.29) is 30.8 Å². The zero-order chi connectivity index (χ0) is 35.7. The van der Waals surface area contributed by atoms with Crippen LogP contribution in [0.3, 0.4) is 0 Å². The van der Waals surface area contributed by atoms with Gasteiger partial charge in [0.15, 0.2) is 6.29 Å². The third-order valence-electron chi connectivity index (χ3n) is 8.74. The number of amides is 2. The molecule has 0 saturated carbocycles. The molecule has 1 aliphatic rings. The molecule has 1 fully saturated rings. The van der Waals surface area contributed by atoms with E-state index in [0.29, 0.717) is 28.9 Å². The van der Waals surface area contributed by atoms with Gasteiger partial charge in [-0.2, -0.15) is 4.68 Å². The molecule has 6 aromatic rings. The summed E-state index contributed by atoms with van der Waals surface area (Å²) >= 11 is 1.53. The molecule has 2 amide bonds. The molecule has 5 aromatic carbocycles. The molecule has 4 atom stereocenters. The largest absolute Gasteiger partial charge is 0.457 e. The van der Waals surface area contributed by atoms with E-state index in [1.807, 2.05) is 121 Å². The number of nitrogens with zero attached hydrogens (tertiary/aromatic N) is 4. The minimum atomic E-state index is -0.631. The van der Waals surface area contributed by atoms with Gasteiger partial charge >= 0.3 is 6.03 Å². The van der Waals surface area contributed by atoms with E-state index in [2.05, 4.69) is 33.1 Å². The summed E-state index contributed by atoms with van der Waals surface area (Å²) in [6, 6.07) is 41.9. The van der Waals surface area contributed by atoms with Gasteiger partial charge in [0.1, 0.15) is 11.5 Å². The first kappa shape index (κ1) is 34.9. The number of carbonyl (C=O) groups is 1. The van der Waals surface area contributed by atoms with Gasteiger partial charge in [-0.3, -0.25) is 0 Å². The maximum absolute atomic E-state index is 12.7. The third-order valence-corrected chi connectivity index (χ3v) is 9.75.